The Morgan fingerprint density at radius 1 is 1.22 bits per heavy atom. The predicted molar refractivity (Wildman–Crippen MR) is 76.9 cm³/mol. The van der Waals surface area contributed by atoms with Crippen molar-refractivity contribution in [3.05, 3.63) is 29.8 Å². The number of ether oxygens (including phenoxy) is 1. The summed E-state index contributed by atoms with van der Waals surface area (Å²) in [4.78, 5) is 2.46. The number of methoxy groups -OCH3 is 1. The summed E-state index contributed by atoms with van der Waals surface area (Å²) in [6.07, 6.45) is 1.14. The highest BCUT2D eigenvalue weighted by Gasteiger charge is 2.20. The van der Waals surface area contributed by atoms with Crippen LogP contribution in [0.5, 0.6) is 5.75 Å². The van der Waals surface area contributed by atoms with Crippen LogP contribution in [0.4, 0.5) is 0 Å². The maximum atomic E-state index is 5.97. The molecule has 18 heavy (non-hydrogen) atoms. The monoisotopic (exact) mass is 250 g/mol. The molecule has 102 valence electrons. The van der Waals surface area contributed by atoms with Crippen molar-refractivity contribution in [3.8, 4) is 5.75 Å². The van der Waals surface area contributed by atoms with E-state index in [2.05, 4.69) is 37.8 Å². The van der Waals surface area contributed by atoms with E-state index in [0.717, 1.165) is 18.7 Å². The van der Waals surface area contributed by atoms with E-state index in [9.17, 15) is 0 Å². The van der Waals surface area contributed by atoms with E-state index in [1.807, 2.05) is 12.1 Å². The van der Waals surface area contributed by atoms with Gasteiger partial charge in [0.25, 0.3) is 0 Å². The van der Waals surface area contributed by atoms with Gasteiger partial charge in [-0.2, -0.15) is 0 Å². The second-order valence-corrected chi connectivity index (χ2v) is 4.86. The molecule has 0 aliphatic rings. The minimum atomic E-state index is 0.288. The average Bonchev–Trinajstić information content (AvgIpc) is 2.39. The van der Waals surface area contributed by atoms with Gasteiger partial charge >= 0.3 is 0 Å². The minimum Gasteiger partial charge on any atom is -0.497 e. The lowest BCUT2D eigenvalue weighted by molar-refractivity contribution is 0.157. The highest BCUT2D eigenvalue weighted by molar-refractivity contribution is 5.29. The van der Waals surface area contributed by atoms with Gasteiger partial charge in [0.05, 0.1) is 7.11 Å². The molecule has 0 saturated heterocycles. The number of nitrogens with two attached hydrogens (primary N) is 1. The van der Waals surface area contributed by atoms with E-state index >= 15 is 0 Å². The van der Waals surface area contributed by atoms with Crippen molar-refractivity contribution in [1.82, 2.24) is 4.90 Å². The summed E-state index contributed by atoms with van der Waals surface area (Å²) >= 11 is 0. The number of benzene rings is 1. The molecule has 0 aromatic heterocycles. The normalized spacial score (nSPS) is 13.1. The number of rotatable bonds is 7. The lowest BCUT2D eigenvalue weighted by Gasteiger charge is -2.34. The van der Waals surface area contributed by atoms with Gasteiger partial charge in [0.2, 0.25) is 0 Å². The van der Waals surface area contributed by atoms with E-state index in [4.69, 9.17) is 10.5 Å². The molecule has 3 heteroatoms. The van der Waals surface area contributed by atoms with Gasteiger partial charge < -0.3 is 10.5 Å². The summed E-state index contributed by atoms with van der Waals surface area (Å²) in [7, 11) is 1.69. The maximum absolute atomic E-state index is 5.97. The first-order valence-corrected chi connectivity index (χ1v) is 6.73. The Labute approximate surface area is 111 Å². The van der Waals surface area contributed by atoms with Gasteiger partial charge in [0, 0.05) is 18.6 Å². The quantitative estimate of drug-likeness (QED) is 0.808. The van der Waals surface area contributed by atoms with Crippen LogP contribution < -0.4 is 10.5 Å². The van der Waals surface area contributed by atoms with Crippen LogP contribution in [0.3, 0.4) is 0 Å². The number of nitrogens with zero attached hydrogens (tertiary/aromatic N) is 1. The summed E-state index contributed by atoms with van der Waals surface area (Å²) in [5, 5.41) is 0. The van der Waals surface area contributed by atoms with E-state index < -0.39 is 0 Å². The summed E-state index contributed by atoms with van der Waals surface area (Å²) < 4.78 is 5.19. The first kappa shape index (κ1) is 15.0. The van der Waals surface area contributed by atoms with Gasteiger partial charge in [-0.25, -0.2) is 0 Å². The highest BCUT2D eigenvalue weighted by Crippen LogP contribution is 2.24. The van der Waals surface area contributed by atoms with Gasteiger partial charge in [-0.1, -0.05) is 19.1 Å². The summed E-state index contributed by atoms with van der Waals surface area (Å²) in [6.45, 7) is 8.37. The molecule has 0 radical (unpaired) electrons. The van der Waals surface area contributed by atoms with Gasteiger partial charge in [-0.05, 0) is 44.5 Å². The van der Waals surface area contributed by atoms with Crippen molar-refractivity contribution in [2.24, 2.45) is 5.73 Å². The number of hydrogen-bond donors (Lipinski definition) is 1. The van der Waals surface area contributed by atoms with E-state index in [-0.39, 0.29) is 6.04 Å². The van der Waals surface area contributed by atoms with Gasteiger partial charge in [0.15, 0.2) is 0 Å². The first-order chi connectivity index (χ1) is 8.63. The van der Waals surface area contributed by atoms with Crippen LogP contribution >= 0.6 is 0 Å². The third kappa shape index (κ3) is 3.72. The van der Waals surface area contributed by atoms with Crippen LogP contribution in [0, 0.1) is 0 Å². The van der Waals surface area contributed by atoms with Gasteiger partial charge in [-0.3, -0.25) is 4.90 Å². The molecule has 0 fully saturated rings. The Balaban J connectivity index is 2.91. The molecular formula is C15H26N2O. The minimum absolute atomic E-state index is 0.288. The summed E-state index contributed by atoms with van der Waals surface area (Å²) in [5.41, 5.74) is 7.24. The molecule has 0 aliphatic heterocycles. The lowest BCUT2D eigenvalue weighted by Crippen LogP contribution is -2.39. The largest absolute Gasteiger partial charge is 0.497 e. The second kappa shape index (κ2) is 7.39. The SMILES string of the molecule is CCCN(C(C)C)C(CN)c1ccc(OC)cc1. The van der Waals surface area contributed by atoms with Crippen LogP contribution in [0.25, 0.3) is 0 Å². The predicted octanol–water partition coefficient (Wildman–Crippen LogP) is 2.82. The lowest BCUT2D eigenvalue weighted by atomic mass is 10.0. The molecule has 1 aromatic carbocycles. The summed E-state index contributed by atoms with van der Waals surface area (Å²) in [5.74, 6) is 0.890. The van der Waals surface area contributed by atoms with Crippen LogP contribution in [-0.2, 0) is 0 Å². The summed E-state index contributed by atoms with van der Waals surface area (Å²) in [6, 6.07) is 9.02. The Morgan fingerprint density at radius 2 is 1.83 bits per heavy atom. The Hall–Kier alpha value is -1.06. The average molecular weight is 250 g/mol. The third-order valence-corrected chi connectivity index (χ3v) is 3.27. The number of hydrogen-bond acceptors (Lipinski definition) is 3. The van der Waals surface area contributed by atoms with Crippen molar-refractivity contribution in [2.45, 2.75) is 39.3 Å². The molecule has 0 aliphatic carbocycles. The molecule has 3 nitrogen and oxygen atoms in total. The molecule has 1 rings (SSSR count). The topological polar surface area (TPSA) is 38.5 Å². The van der Waals surface area contributed by atoms with Crippen LogP contribution in [0.2, 0.25) is 0 Å². The fourth-order valence-corrected chi connectivity index (χ4v) is 2.32. The van der Waals surface area contributed by atoms with Crippen molar-refractivity contribution >= 4 is 0 Å². The molecule has 1 aromatic rings. The standard InChI is InChI=1S/C15H26N2O/c1-5-10-17(12(2)3)15(11-16)13-6-8-14(18-4)9-7-13/h6-9,12,15H,5,10-11,16H2,1-4H3. The maximum Gasteiger partial charge on any atom is 0.118 e. The molecule has 0 bridgehead atoms. The van der Waals surface area contributed by atoms with E-state index in [0.29, 0.717) is 12.6 Å². The Bertz CT molecular complexity index is 335. The van der Waals surface area contributed by atoms with E-state index in [1.165, 1.54) is 5.56 Å². The van der Waals surface area contributed by atoms with Gasteiger partial charge in [-0.15, -0.1) is 0 Å². The Morgan fingerprint density at radius 3 is 2.22 bits per heavy atom. The fraction of sp³-hybridized carbons (Fsp3) is 0.600. The van der Waals surface area contributed by atoms with Crippen molar-refractivity contribution in [1.29, 1.82) is 0 Å². The van der Waals surface area contributed by atoms with Crippen molar-refractivity contribution < 1.29 is 4.74 Å². The molecule has 2 N–H and O–H groups in total. The third-order valence-electron chi connectivity index (χ3n) is 3.27. The van der Waals surface area contributed by atoms with Crippen LogP contribution in [0.15, 0.2) is 24.3 Å². The zero-order valence-corrected chi connectivity index (χ0v) is 12.0. The molecule has 0 amide bonds. The molecule has 0 saturated carbocycles. The first-order valence-electron chi connectivity index (χ1n) is 6.73. The molecule has 1 atom stereocenters. The van der Waals surface area contributed by atoms with Crippen molar-refractivity contribution in [3.63, 3.8) is 0 Å². The van der Waals surface area contributed by atoms with Crippen LogP contribution in [0.1, 0.15) is 38.8 Å². The van der Waals surface area contributed by atoms with Gasteiger partial charge in [0.1, 0.15) is 5.75 Å². The van der Waals surface area contributed by atoms with E-state index in [1.54, 1.807) is 7.11 Å². The van der Waals surface area contributed by atoms with Crippen LogP contribution in [-0.4, -0.2) is 31.1 Å². The highest BCUT2D eigenvalue weighted by atomic mass is 16.5. The molecule has 1 unspecified atom stereocenters. The zero-order valence-electron chi connectivity index (χ0n) is 12.0. The zero-order chi connectivity index (χ0) is 13.5. The molecular weight excluding hydrogens is 224 g/mol. The molecule has 0 spiro atoms. The second-order valence-electron chi connectivity index (χ2n) is 4.86. The smallest absolute Gasteiger partial charge is 0.118 e. The van der Waals surface area contributed by atoms with Crippen molar-refractivity contribution in [2.75, 3.05) is 20.2 Å². The molecule has 0 heterocycles. The Kier molecular flexibility index (Phi) is 6.16. The fourth-order valence-electron chi connectivity index (χ4n) is 2.32.